The number of hydrogen-bond donors (Lipinski definition) is 1. The number of anilines is 1. The van der Waals surface area contributed by atoms with E-state index in [1.54, 1.807) is 12.3 Å². The van der Waals surface area contributed by atoms with E-state index in [2.05, 4.69) is 20.4 Å². The summed E-state index contributed by atoms with van der Waals surface area (Å²) in [7, 11) is 0. The molecule has 0 amide bonds. The molecule has 0 saturated carbocycles. The Bertz CT molecular complexity index is 1280. The van der Waals surface area contributed by atoms with Crippen molar-refractivity contribution in [1.82, 2.24) is 19.7 Å². The standard InChI is InChI=1S/C23H16FN5O/c24-16-7-3-5-14(11-16)22-19-20(17-8-1-2-9-18(17)30-22)28-23-26-13-27-29(23)21(19)15-6-4-10-25-12-15/h1-13,21-22H,(H,26,27,28). The van der Waals surface area contributed by atoms with E-state index >= 15 is 0 Å². The summed E-state index contributed by atoms with van der Waals surface area (Å²) in [6, 6.07) is 17.9. The van der Waals surface area contributed by atoms with Gasteiger partial charge in [0.1, 0.15) is 30.0 Å². The van der Waals surface area contributed by atoms with Crippen LogP contribution in [0.5, 0.6) is 5.75 Å². The third kappa shape index (κ3) is 2.52. The van der Waals surface area contributed by atoms with E-state index in [1.165, 1.54) is 18.5 Å². The van der Waals surface area contributed by atoms with Crippen molar-refractivity contribution in [1.29, 1.82) is 0 Å². The number of fused-ring (bicyclic) bond motifs is 3. The molecule has 0 bridgehead atoms. The first-order valence-electron chi connectivity index (χ1n) is 9.61. The normalized spacial score (nSPS) is 19.2. The molecule has 4 heterocycles. The van der Waals surface area contributed by atoms with Gasteiger partial charge in [-0.15, -0.1) is 0 Å². The molecule has 0 spiro atoms. The summed E-state index contributed by atoms with van der Waals surface area (Å²) in [6.07, 6.45) is 4.57. The van der Waals surface area contributed by atoms with Crippen molar-refractivity contribution in [3.63, 3.8) is 0 Å². The summed E-state index contributed by atoms with van der Waals surface area (Å²) >= 11 is 0. The molecule has 0 fully saturated rings. The Labute approximate surface area is 171 Å². The average molecular weight is 397 g/mol. The Morgan fingerprint density at radius 2 is 1.90 bits per heavy atom. The first-order chi connectivity index (χ1) is 14.8. The number of rotatable bonds is 2. The summed E-state index contributed by atoms with van der Waals surface area (Å²) in [6.45, 7) is 0. The van der Waals surface area contributed by atoms with Crippen LogP contribution in [0.1, 0.15) is 28.8 Å². The van der Waals surface area contributed by atoms with Gasteiger partial charge in [0.05, 0.1) is 5.70 Å². The maximum Gasteiger partial charge on any atom is 0.226 e. The summed E-state index contributed by atoms with van der Waals surface area (Å²) in [4.78, 5) is 8.70. The molecule has 6 nitrogen and oxygen atoms in total. The Kier molecular flexibility index (Phi) is 3.67. The van der Waals surface area contributed by atoms with Gasteiger partial charge >= 0.3 is 0 Å². The second-order valence-corrected chi connectivity index (χ2v) is 7.22. The monoisotopic (exact) mass is 397 g/mol. The van der Waals surface area contributed by atoms with E-state index in [0.717, 1.165) is 33.7 Å². The van der Waals surface area contributed by atoms with Crippen LogP contribution in [0.4, 0.5) is 10.3 Å². The SMILES string of the molecule is Fc1cccc(C2Oc3ccccc3C3=C2C(c2cccnc2)n2ncnc2N3)c1. The predicted octanol–water partition coefficient (Wildman–Crippen LogP) is 4.37. The minimum atomic E-state index is -0.499. The van der Waals surface area contributed by atoms with Gasteiger partial charge in [-0.3, -0.25) is 4.98 Å². The molecule has 2 unspecified atom stereocenters. The minimum absolute atomic E-state index is 0.297. The summed E-state index contributed by atoms with van der Waals surface area (Å²) < 4.78 is 22.4. The van der Waals surface area contributed by atoms with Crippen LogP contribution in [0.2, 0.25) is 0 Å². The lowest BCUT2D eigenvalue weighted by Gasteiger charge is -2.38. The fraction of sp³-hybridized carbons (Fsp3) is 0.0870. The van der Waals surface area contributed by atoms with Gasteiger partial charge in [-0.05, 0) is 41.5 Å². The number of halogens is 1. The first kappa shape index (κ1) is 16.9. The Hall–Kier alpha value is -4.00. The number of para-hydroxylation sites is 1. The molecule has 0 saturated heterocycles. The van der Waals surface area contributed by atoms with E-state index in [9.17, 15) is 4.39 Å². The second kappa shape index (κ2) is 6.52. The van der Waals surface area contributed by atoms with E-state index in [0.29, 0.717) is 5.95 Å². The van der Waals surface area contributed by atoms with Crippen LogP contribution in [0.3, 0.4) is 0 Å². The summed E-state index contributed by atoms with van der Waals surface area (Å²) in [5.74, 6) is 1.06. The van der Waals surface area contributed by atoms with Gasteiger partial charge in [0.2, 0.25) is 5.95 Å². The molecule has 0 radical (unpaired) electrons. The van der Waals surface area contributed by atoms with Crippen LogP contribution in [-0.4, -0.2) is 19.7 Å². The average Bonchev–Trinajstić information content (AvgIpc) is 3.26. The van der Waals surface area contributed by atoms with Gasteiger partial charge in [0.25, 0.3) is 0 Å². The van der Waals surface area contributed by atoms with Crippen LogP contribution >= 0.6 is 0 Å². The van der Waals surface area contributed by atoms with Crippen molar-refractivity contribution in [3.05, 3.63) is 107 Å². The molecule has 7 heteroatoms. The number of aromatic nitrogens is 4. The van der Waals surface area contributed by atoms with Crippen molar-refractivity contribution >= 4 is 11.6 Å². The Balaban J connectivity index is 1.64. The smallest absolute Gasteiger partial charge is 0.226 e. The molecule has 2 aromatic carbocycles. The predicted molar refractivity (Wildman–Crippen MR) is 109 cm³/mol. The third-order valence-corrected chi connectivity index (χ3v) is 5.47. The van der Waals surface area contributed by atoms with E-state index < -0.39 is 6.10 Å². The van der Waals surface area contributed by atoms with Crippen molar-refractivity contribution in [2.45, 2.75) is 12.1 Å². The van der Waals surface area contributed by atoms with E-state index in [-0.39, 0.29) is 11.9 Å². The van der Waals surface area contributed by atoms with Gasteiger partial charge in [-0.2, -0.15) is 10.1 Å². The summed E-state index contributed by atoms with van der Waals surface area (Å²) in [5, 5.41) is 7.88. The molecule has 0 aliphatic carbocycles. The molecule has 30 heavy (non-hydrogen) atoms. The van der Waals surface area contributed by atoms with Gasteiger partial charge < -0.3 is 10.1 Å². The van der Waals surface area contributed by atoms with Gasteiger partial charge in [-0.25, -0.2) is 9.07 Å². The molecular weight excluding hydrogens is 381 g/mol. The van der Waals surface area contributed by atoms with Gasteiger partial charge in [-0.1, -0.05) is 30.3 Å². The van der Waals surface area contributed by atoms with Crippen molar-refractivity contribution in [3.8, 4) is 5.75 Å². The number of nitrogens with zero attached hydrogens (tertiary/aromatic N) is 4. The zero-order valence-corrected chi connectivity index (χ0v) is 15.7. The van der Waals surface area contributed by atoms with E-state index in [1.807, 2.05) is 53.3 Å². The largest absolute Gasteiger partial charge is 0.480 e. The molecule has 2 aliphatic heterocycles. The fourth-order valence-corrected chi connectivity index (χ4v) is 4.22. The Morgan fingerprint density at radius 1 is 1.00 bits per heavy atom. The quantitative estimate of drug-likeness (QED) is 0.544. The van der Waals surface area contributed by atoms with E-state index in [4.69, 9.17) is 4.74 Å². The lowest BCUT2D eigenvalue weighted by Crippen LogP contribution is -2.32. The van der Waals surface area contributed by atoms with Crippen molar-refractivity contribution in [2.24, 2.45) is 0 Å². The topological polar surface area (TPSA) is 64.9 Å². The molecule has 2 aromatic heterocycles. The third-order valence-electron chi connectivity index (χ3n) is 5.47. The molecule has 2 atom stereocenters. The molecular formula is C23H16FN5O. The molecule has 2 aliphatic rings. The lowest BCUT2D eigenvalue weighted by molar-refractivity contribution is 0.222. The number of benzene rings is 2. The molecule has 1 N–H and O–H groups in total. The maximum absolute atomic E-state index is 14.1. The van der Waals surface area contributed by atoms with Crippen LogP contribution in [0, 0.1) is 5.82 Å². The molecule has 4 aromatic rings. The molecule has 6 rings (SSSR count). The summed E-state index contributed by atoms with van der Waals surface area (Å²) in [5.41, 5.74) is 4.45. The number of nitrogens with one attached hydrogen (secondary N) is 1. The highest BCUT2D eigenvalue weighted by atomic mass is 19.1. The second-order valence-electron chi connectivity index (χ2n) is 7.22. The highest BCUT2D eigenvalue weighted by Gasteiger charge is 2.40. The van der Waals surface area contributed by atoms with Crippen LogP contribution in [0.15, 0.2) is 85.0 Å². The number of ether oxygens (including phenoxy) is 1. The first-order valence-corrected chi connectivity index (χ1v) is 9.61. The minimum Gasteiger partial charge on any atom is -0.480 e. The van der Waals surface area contributed by atoms with Crippen LogP contribution in [0.25, 0.3) is 5.70 Å². The molecule has 146 valence electrons. The highest BCUT2D eigenvalue weighted by molar-refractivity contribution is 5.85. The highest BCUT2D eigenvalue weighted by Crippen LogP contribution is 2.50. The van der Waals surface area contributed by atoms with Gasteiger partial charge in [0.15, 0.2) is 0 Å². The Morgan fingerprint density at radius 3 is 2.77 bits per heavy atom. The zero-order chi connectivity index (χ0) is 20.1. The van der Waals surface area contributed by atoms with Crippen molar-refractivity contribution < 1.29 is 9.13 Å². The van der Waals surface area contributed by atoms with Gasteiger partial charge in [0, 0.05) is 23.5 Å². The maximum atomic E-state index is 14.1. The van der Waals surface area contributed by atoms with Crippen molar-refractivity contribution in [2.75, 3.05) is 5.32 Å². The van der Waals surface area contributed by atoms with Crippen LogP contribution < -0.4 is 10.1 Å². The van der Waals surface area contributed by atoms with Crippen LogP contribution in [-0.2, 0) is 0 Å². The zero-order valence-electron chi connectivity index (χ0n) is 15.7. The number of hydrogen-bond acceptors (Lipinski definition) is 5. The number of pyridine rings is 1. The fourth-order valence-electron chi connectivity index (χ4n) is 4.22. The lowest BCUT2D eigenvalue weighted by atomic mass is 9.85.